The first kappa shape index (κ1) is 19.0. The quantitative estimate of drug-likeness (QED) is 0.486. The molecule has 2 aromatic rings. The molecule has 0 aromatic heterocycles. The van der Waals surface area contributed by atoms with Crippen LogP contribution in [0.4, 0.5) is 0 Å². The first-order valence-electron chi connectivity index (χ1n) is 6.75. The van der Waals surface area contributed by atoms with E-state index in [9.17, 15) is 16.8 Å². The Hall–Kier alpha value is -1.35. The molecule has 0 aliphatic rings. The van der Waals surface area contributed by atoms with Gasteiger partial charge >= 0.3 is 0 Å². The van der Waals surface area contributed by atoms with Gasteiger partial charge in [-0.05, 0) is 55.5 Å². The van der Waals surface area contributed by atoms with Gasteiger partial charge in [0.1, 0.15) is 0 Å². The molecular formula is C14H16NO6PS2. The largest absolute Gasteiger partial charge is 0.330 e. The van der Waals surface area contributed by atoms with E-state index in [1.54, 1.807) is 24.3 Å². The van der Waals surface area contributed by atoms with E-state index in [2.05, 4.69) is 0 Å². The first-order chi connectivity index (χ1) is 11.1. The lowest BCUT2D eigenvalue weighted by Crippen LogP contribution is -2.19. The van der Waals surface area contributed by atoms with Gasteiger partial charge in [-0.1, -0.05) is 24.3 Å². The van der Waals surface area contributed by atoms with Crippen LogP contribution >= 0.6 is 7.92 Å². The highest BCUT2D eigenvalue weighted by atomic mass is 32.2. The van der Waals surface area contributed by atoms with Crippen LogP contribution in [0.5, 0.6) is 0 Å². The van der Waals surface area contributed by atoms with Crippen LogP contribution in [0.2, 0.25) is 0 Å². The van der Waals surface area contributed by atoms with Crippen molar-refractivity contribution in [3.05, 3.63) is 48.5 Å². The molecule has 0 amide bonds. The summed E-state index contributed by atoms with van der Waals surface area (Å²) in [6.45, 7) is 0.395. The molecule has 24 heavy (non-hydrogen) atoms. The average molecular weight is 389 g/mol. The molecule has 0 unspecified atom stereocenters. The molecule has 0 aliphatic heterocycles. The number of hydrogen-bond acceptors (Lipinski definition) is 5. The summed E-state index contributed by atoms with van der Waals surface area (Å²) in [4.78, 5) is -0.397. The van der Waals surface area contributed by atoms with E-state index in [4.69, 9.17) is 14.8 Å². The number of hydrogen-bond donors (Lipinski definition) is 3. The summed E-state index contributed by atoms with van der Waals surface area (Å²) in [5.41, 5.74) is 5.65. The molecule has 0 saturated heterocycles. The summed E-state index contributed by atoms with van der Waals surface area (Å²) in [5, 5.41) is 1.67. The van der Waals surface area contributed by atoms with Crippen LogP contribution in [0, 0.1) is 0 Å². The molecule has 7 nitrogen and oxygen atoms in total. The van der Waals surface area contributed by atoms with Gasteiger partial charge in [-0.3, -0.25) is 9.11 Å². The van der Waals surface area contributed by atoms with Gasteiger partial charge in [-0.15, -0.1) is 0 Å². The summed E-state index contributed by atoms with van der Waals surface area (Å²) in [6, 6.07) is 11.6. The van der Waals surface area contributed by atoms with Crippen LogP contribution in [0.3, 0.4) is 0 Å². The van der Waals surface area contributed by atoms with Gasteiger partial charge in [0.15, 0.2) is 0 Å². The van der Waals surface area contributed by atoms with Crippen molar-refractivity contribution in [2.45, 2.75) is 9.79 Å². The molecule has 130 valence electrons. The zero-order valence-electron chi connectivity index (χ0n) is 12.4. The Morgan fingerprint density at radius 3 is 1.33 bits per heavy atom. The van der Waals surface area contributed by atoms with Gasteiger partial charge in [0.2, 0.25) is 0 Å². The van der Waals surface area contributed by atoms with E-state index in [1.165, 1.54) is 24.3 Å². The average Bonchev–Trinajstić information content (AvgIpc) is 2.51. The van der Waals surface area contributed by atoms with Crippen LogP contribution in [0.1, 0.15) is 0 Å². The summed E-state index contributed by atoms with van der Waals surface area (Å²) in [5.74, 6) is 0. The van der Waals surface area contributed by atoms with E-state index < -0.39 is 28.2 Å². The van der Waals surface area contributed by atoms with Crippen molar-refractivity contribution >= 4 is 38.8 Å². The summed E-state index contributed by atoms with van der Waals surface area (Å²) >= 11 is 0. The summed E-state index contributed by atoms with van der Waals surface area (Å²) in [6.07, 6.45) is 0.617. The van der Waals surface area contributed by atoms with Crippen molar-refractivity contribution in [1.82, 2.24) is 0 Å². The molecule has 0 spiro atoms. The Morgan fingerprint density at radius 2 is 1.08 bits per heavy atom. The monoisotopic (exact) mass is 389 g/mol. The minimum Gasteiger partial charge on any atom is -0.330 e. The van der Waals surface area contributed by atoms with Crippen molar-refractivity contribution in [1.29, 1.82) is 0 Å². The maximum atomic E-state index is 11.1. The standard InChI is InChI=1S/C14H16NO6PS2/c15-9-10-22(11-1-5-13(6-2-11)23(16,17)18)12-3-7-14(8-4-12)24(19,20)21/h1-8H,9-10,15H2,(H,16,17,18)(H,19,20,21). The van der Waals surface area contributed by atoms with Gasteiger partial charge in [0, 0.05) is 0 Å². The molecule has 0 radical (unpaired) electrons. The molecule has 4 N–H and O–H groups in total. The highest BCUT2D eigenvalue weighted by molar-refractivity contribution is 7.86. The van der Waals surface area contributed by atoms with Gasteiger partial charge in [0.25, 0.3) is 20.2 Å². The molecule has 0 aliphatic carbocycles. The highest BCUT2D eigenvalue weighted by Crippen LogP contribution is 2.33. The second kappa shape index (κ2) is 7.26. The van der Waals surface area contributed by atoms with Crippen molar-refractivity contribution in [2.75, 3.05) is 12.7 Å². The second-order valence-electron chi connectivity index (χ2n) is 4.88. The van der Waals surface area contributed by atoms with Crippen molar-refractivity contribution < 1.29 is 25.9 Å². The fraction of sp³-hybridized carbons (Fsp3) is 0.143. The number of rotatable bonds is 6. The van der Waals surface area contributed by atoms with E-state index in [0.29, 0.717) is 12.7 Å². The molecule has 0 saturated carbocycles. The molecule has 0 fully saturated rings. The van der Waals surface area contributed by atoms with Crippen LogP contribution in [-0.2, 0) is 20.2 Å². The van der Waals surface area contributed by atoms with Crippen molar-refractivity contribution in [2.24, 2.45) is 5.73 Å². The van der Waals surface area contributed by atoms with Gasteiger partial charge < -0.3 is 5.73 Å². The molecule has 2 aromatic carbocycles. The van der Waals surface area contributed by atoms with Crippen LogP contribution < -0.4 is 16.3 Å². The van der Waals surface area contributed by atoms with Gasteiger partial charge in [-0.2, -0.15) is 16.8 Å². The normalized spacial score (nSPS) is 12.5. The zero-order chi connectivity index (χ0) is 18.0. The minimum absolute atomic E-state index is 0.198. The van der Waals surface area contributed by atoms with Crippen LogP contribution in [0.15, 0.2) is 58.3 Å². The van der Waals surface area contributed by atoms with Crippen LogP contribution in [-0.4, -0.2) is 38.6 Å². The predicted molar refractivity (Wildman–Crippen MR) is 92.6 cm³/mol. The van der Waals surface area contributed by atoms with Crippen molar-refractivity contribution in [3.8, 4) is 0 Å². The smallest absolute Gasteiger partial charge is 0.294 e. The highest BCUT2D eigenvalue weighted by Gasteiger charge is 2.17. The van der Waals surface area contributed by atoms with E-state index >= 15 is 0 Å². The Kier molecular flexibility index (Phi) is 5.74. The Morgan fingerprint density at radius 1 is 0.750 bits per heavy atom. The molecule has 0 heterocycles. The minimum atomic E-state index is -4.26. The molecule has 2 rings (SSSR count). The SMILES string of the molecule is NCCP(c1ccc(S(=O)(=O)O)cc1)c1ccc(S(=O)(=O)O)cc1. The van der Waals surface area contributed by atoms with E-state index in [1.807, 2.05) is 0 Å². The second-order valence-corrected chi connectivity index (χ2v) is 10.1. The number of nitrogens with two attached hydrogens (primary N) is 1. The predicted octanol–water partition coefficient (Wildman–Crippen LogP) is 0.571. The first-order valence-corrected chi connectivity index (χ1v) is 11.2. The third-order valence-corrected chi connectivity index (χ3v) is 7.53. The lowest BCUT2D eigenvalue weighted by atomic mass is 10.4. The Bertz CT molecular complexity index is 833. The lowest BCUT2D eigenvalue weighted by molar-refractivity contribution is 0.481. The van der Waals surface area contributed by atoms with Gasteiger partial charge in [0.05, 0.1) is 9.79 Å². The maximum Gasteiger partial charge on any atom is 0.294 e. The van der Waals surface area contributed by atoms with Crippen LogP contribution in [0.25, 0.3) is 0 Å². The van der Waals surface area contributed by atoms with E-state index in [0.717, 1.165) is 10.6 Å². The summed E-state index contributed by atoms with van der Waals surface area (Å²) < 4.78 is 62.5. The van der Waals surface area contributed by atoms with E-state index in [-0.39, 0.29) is 9.79 Å². The van der Waals surface area contributed by atoms with Gasteiger partial charge in [-0.25, -0.2) is 0 Å². The Labute approximate surface area is 141 Å². The third-order valence-electron chi connectivity index (χ3n) is 3.25. The number of benzene rings is 2. The zero-order valence-corrected chi connectivity index (χ0v) is 14.9. The topological polar surface area (TPSA) is 135 Å². The molecule has 10 heteroatoms. The maximum absolute atomic E-state index is 11.1. The fourth-order valence-electron chi connectivity index (χ4n) is 2.13. The fourth-order valence-corrected chi connectivity index (χ4v) is 5.18. The summed E-state index contributed by atoms with van der Waals surface area (Å²) in [7, 11) is -9.44. The Balaban J connectivity index is 2.39. The molecular weight excluding hydrogens is 373 g/mol. The molecule has 0 atom stereocenters. The van der Waals surface area contributed by atoms with Crippen molar-refractivity contribution in [3.63, 3.8) is 0 Å². The molecule has 0 bridgehead atoms. The third kappa shape index (κ3) is 4.60. The lowest BCUT2D eigenvalue weighted by Gasteiger charge is -2.18.